The van der Waals surface area contributed by atoms with Crippen molar-refractivity contribution in [1.82, 2.24) is 0 Å². The van der Waals surface area contributed by atoms with Gasteiger partial charge in [-0.15, -0.1) is 0 Å². The molecule has 38 heavy (non-hydrogen) atoms. The zero-order chi connectivity index (χ0) is 25.3. The molecule has 0 bridgehead atoms. The van der Waals surface area contributed by atoms with E-state index in [1.807, 2.05) is 0 Å². The molecule has 0 unspecified atom stereocenters. The molecule has 0 N–H and O–H groups in total. The van der Waals surface area contributed by atoms with Gasteiger partial charge >= 0.3 is 0 Å². The zero-order valence-electron chi connectivity index (χ0n) is 21.0. The molecule has 0 aliphatic heterocycles. The summed E-state index contributed by atoms with van der Waals surface area (Å²) >= 11 is 0. The molecular formula is C38H26. The third-order valence-electron chi connectivity index (χ3n) is 7.50. The van der Waals surface area contributed by atoms with E-state index in [1.54, 1.807) is 0 Å². The summed E-state index contributed by atoms with van der Waals surface area (Å²) in [6, 6.07) is 56.9. The van der Waals surface area contributed by atoms with Crippen LogP contribution in [0.2, 0.25) is 0 Å². The van der Waals surface area contributed by atoms with Crippen LogP contribution in [0.1, 0.15) is 0 Å². The van der Waals surface area contributed by atoms with Gasteiger partial charge in [0.05, 0.1) is 0 Å². The van der Waals surface area contributed by atoms with Crippen molar-refractivity contribution in [2.45, 2.75) is 0 Å². The second-order valence-electron chi connectivity index (χ2n) is 9.79. The smallest absolute Gasteiger partial charge is 0.0105 e. The summed E-state index contributed by atoms with van der Waals surface area (Å²) in [6.45, 7) is 0. The molecule has 7 aromatic carbocycles. The van der Waals surface area contributed by atoms with E-state index in [4.69, 9.17) is 0 Å². The van der Waals surface area contributed by atoms with Gasteiger partial charge in [-0.1, -0.05) is 152 Å². The van der Waals surface area contributed by atoms with Crippen LogP contribution in [-0.4, -0.2) is 0 Å². The number of benzene rings is 7. The maximum atomic E-state index is 2.29. The lowest BCUT2D eigenvalue weighted by Crippen LogP contribution is -1.85. The van der Waals surface area contributed by atoms with Crippen molar-refractivity contribution in [1.29, 1.82) is 0 Å². The molecule has 0 aliphatic carbocycles. The van der Waals surface area contributed by atoms with Crippen LogP contribution in [0.5, 0.6) is 0 Å². The van der Waals surface area contributed by atoms with E-state index >= 15 is 0 Å². The average molecular weight is 483 g/mol. The van der Waals surface area contributed by atoms with E-state index in [-0.39, 0.29) is 0 Å². The van der Waals surface area contributed by atoms with Crippen molar-refractivity contribution >= 4 is 21.5 Å². The molecule has 0 saturated carbocycles. The number of hydrogen-bond donors (Lipinski definition) is 0. The molecule has 0 aromatic heterocycles. The van der Waals surface area contributed by atoms with Crippen LogP contribution in [0.3, 0.4) is 0 Å². The first-order valence-corrected chi connectivity index (χ1v) is 13.1. The van der Waals surface area contributed by atoms with Crippen molar-refractivity contribution in [2.75, 3.05) is 0 Å². The monoisotopic (exact) mass is 482 g/mol. The molecule has 0 fully saturated rings. The topological polar surface area (TPSA) is 0 Å². The minimum absolute atomic E-state index is 1.23. The lowest BCUT2D eigenvalue weighted by Gasteiger charge is -2.10. The normalized spacial score (nSPS) is 11.2. The highest BCUT2D eigenvalue weighted by molar-refractivity contribution is 5.98. The molecule has 0 atom stereocenters. The molecular weight excluding hydrogens is 456 g/mol. The lowest BCUT2D eigenvalue weighted by molar-refractivity contribution is 1.58. The summed E-state index contributed by atoms with van der Waals surface area (Å²) in [7, 11) is 0. The van der Waals surface area contributed by atoms with E-state index < -0.39 is 0 Å². The molecule has 0 spiro atoms. The second-order valence-corrected chi connectivity index (χ2v) is 9.79. The summed E-state index contributed by atoms with van der Waals surface area (Å²) in [5, 5.41) is 5.12. The Balaban J connectivity index is 1.19. The lowest BCUT2D eigenvalue weighted by atomic mass is 9.94. The van der Waals surface area contributed by atoms with Gasteiger partial charge in [0.25, 0.3) is 0 Å². The highest BCUT2D eigenvalue weighted by atomic mass is 14.1. The highest BCUT2D eigenvalue weighted by Crippen LogP contribution is 2.33. The molecule has 0 aliphatic rings. The first-order valence-electron chi connectivity index (χ1n) is 13.1. The Labute approximate surface area is 223 Å². The van der Waals surface area contributed by atoms with Gasteiger partial charge in [0.15, 0.2) is 0 Å². The summed E-state index contributed by atoms with van der Waals surface area (Å²) in [5.74, 6) is 0. The van der Waals surface area contributed by atoms with Crippen molar-refractivity contribution < 1.29 is 0 Å². The first kappa shape index (κ1) is 22.3. The number of hydrogen-bond acceptors (Lipinski definition) is 0. The molecule has 178 valence electrons. The molecule has 7 rings (SSSR count). The average Bonchev–Trinajstić information content (AvgIpc) is 3.01. The van der Waals surface area contributed by atoms with E-state index in [2.05, 4.69) is 158 Å². The van der Waals surface area contributed by atoms with Gasteiger partial charge in [-0.05, 0) is 72.1 Å². The van der Waals surface area contributed by atoms with Gasteiger partial charge in [0, 0.05) is 0 Å². The molecule has 7 aromatic rings. The third kappa shape index (κ3) is 4.07. The summed E-state index contributed by atoms with van der Waals surface area (Å²) in [4.78, 5) is 0. The summed E-state index contributed by atoms with van der Waals surface area (Å²) in [5.41, 5.74) is 9.93. The standard InChI is InChI=1S/C38H26/c1-3-14-35-29(8-1)10-6-16-37(35)31-22-18-27(19-23-31)33-12-5-13-34(26-33)28-20-24-32(25-21-28)38-17-7-11-30-9-2-4-15-36(30)38/h1-26H. The van der Waals surface area contributed by atoms with Crippen LogP contribution >= 0.6 is 0 Å². The van der Waals surface area contributed by atoms with Crippen LogP contribution in [0.15, 0.2) is 158 Å². The Kier molecular flexibility index (Phi) is 5.57. The minimum atomic E-state index is 1.23. The Morgan fingerprint density at radius 1 is 0.237 bits per heavy atom. The predicted octanol–water partition coefficient (Wildman–Crippen LogP) is 10.7. The maximum absolute atomic E-state index is 2.29. The second kappa shape index (κ2) is 9.50. The van der Waals surface area contributed by atoms with Crippen LogP contribution in [0.25, 0.3) is 66.1 Å². The zero-order valence-corrected chi connectivity index (χ0v) is 21.0. The minimum Gasteiger partial charge on any atom is -0.0616 e. The van der Waals surface area contributed by atoms with Crippen molar-refractivity contribution in [2.24, 2.45) is 0 Å². The predicted molar refractivity (Wildman–Crippen MR) is 163 cm³/mol. The Morgan fingerprint density at radius 2 is 0.605 bits per heavy atom. The van der Waals surface area contributed by atoms with Crippen LogP contribution in [0.4, 0.5) is 0 Å². The molecule has 0 radical (unpaired) electrons. The fourth-order valence-corrected chi connectivity index (χ4v) is 5.52. The van der Waals surface area contributed by atoms with Gasteiger partial charge in [-0.25, -0.2) is 0 Å². The first-order chi connectivity index (χ1) is 18.8. The van der Waals surface area contributed by atoms with Crippen LogP contribution < -0.4 is 0 Å². The fourth-order valence-electron chi connectivity index (χ4n) is 5.52. The summed E-state index contributed by atoms with van der Waals surface area (Å²) < 4.78 is 0. The van der Waals surface area contributed by atoms with Gasteiger partial charge in [0.2, 0.25) is 0 Å². The number of fused-ring (bicyclic) bond motifs is 2. The summed E-state index contributed by atoms with van der Waals surface area (Å²) in [6.07, 6.45) is 0. The molecule has 0 heteroatoms. The Bertz CT molecular complexity index is 1740. The third-order valence-corrected chi connectivity index (χ3v) is 7.50. The van der Waals surface area contributed by atoms with Crippen molar-refractivity contribution in [3.05, 3.63) is 158 Å². The number of rotatable bonds is 4. The maximum Gasteiger partial charge on any atom is -0.0105 e. The molecule has 0 amide bonds. The van der Waals surface area contributed by atoms with Crippen LogP contribution in [-0.2, 0) is 0 Å². The Morgan fingerprint density at radius 3 is 1.08 bits per heavy atom. The largest absolute Gasteiger partial charge is 0.0616 e. The van der Waals surface area contributed by atoms with Gasteiger partial charge in [0.1, 0.15) is 0 Å². The van der Waals surface area contributed by atoms with E-state index in [0.717, 1.165) is 0 Å². The van der Waals surface area contributed by atoms with Gasteiger partial charge < -0.3 is 0 Å². The van der Waals surface area contributed by atoms with Gasteiger partial charge in [-0.2, -0.15) is 0 Å². The fraction of sp³-hybridized carbons (Fsp3) is 0. The van der Waals surface area contributed by atoms with Crippen LogP contribution in [0, 0.1) is 0 Å². The highest BCUT2D eigenvalue weighted by Gasteiger charge is 2.07. The van der Waals surface area contributed by atoms with E-state index in [9.17, 15) is 0 Å². The quantitative estimate of drug-likeness (QED) is 0.234. The SMILES string of the molecule is c1cc(-c2ccc(-c3cccc4ccccc34)cc2)cc(-c2ccc(-c3cccc4ccccc34)cc2)c1. The Hall–Kier alpha value is -4.94. The van der Waals surface area contributed by atoms with Crippen molar-refractivity contribution in [3.8, 4) is 44.5 Å². The van der Waals surface area contributed by atoms with Crippen molar-refractivity contribution in [3.63, 3.8) is 0 Å². The van der Waals surface area contributed by atoms with E-state index in [1.165, 1.54) is 66.1 Å². The van der Waals surface area contributed by atoms with E-state index in [0.29, 0.717) is 0 Å². The molecule has 0 heterocycles. The molecule has 0 saturated heterocycles. The molecule has 0 nitrogen and oxygen atoms in total. The van der Waals surface area contributed by atoms with Gasteiger partial charge in [-0.3, -0.25) is 0 Å².